The van der Waals surface area contributed by atoms with Gasteiger partial charge in [-0.15, -0.1) is 0 Å². The molecule has 1 rings (SSSR count). The molecule has 3 nitrogen and oxygen atoms in total. The lowest BCUT2D eigenvalue weighted by molar-refractivity contribution is 0.866. The Kier molecular flexibility index (Phi) is 6.13. The van der Waals surface area contributed by atoms with Gasteiger partial charge in [-0.1, -0.05) is 17.7 Å². The van der Waals surface area contributed by atoms with Gasteiger partial charge in [-0.05, 0) is 32.9 Å². The van der Waals surface area contributed by atoms with Gasteiger partial charge in [0.05, 0.1) is 0 Å². The summed E-state index contributed by atoms with van der Waals surface area (Å²) >= 11 is 0. The molecule has 0 heterocycles. The Morgan fingerprint density at radius 3 is 1.79 bits per heavy atom. The van der Waals surface area contributed by atoms with Crippen molar-refractivity contribution in [3.05, 3.63) is 29.8 Å². The second kappa shape index (κ2) is 6.90. The fourth-order valence-corrected chi connectivity index (χ4v) is 1.34. The molecule has 3 heteroatoms. The van der Waals surface area contributed by atoms with Crippen LogP contribution in [0, 0.1) is 17.7 Å². The third kappa shape index (κ3) is 3.44. The number of hydrogen-bond acceptors (Lipinski definition) is 3. The number of aryl methyl sites for hydroxylation is 1. The number of rotatable bonds is 3. The highest BCUT2D eigenvalue weighted by Gasteiger charge is 1.98. The van der Waals surface area contributed by atoms with Crippen LogP contribution in [0.25, 0.3) is 0 Å². The normalized spacial score (nSPS) is 8.64. The summed E-state index contributed by atoms with van der Waals surface area (Å²) in [5, 5.41) is 12.0. The summed E-state index contributed by atoms with van der Waals surface area (Å²) in [4.78, 5) is 2.35. The van der Waals surface area contributed by atoms with E-state index in [0.29, 0.717) is 0 Å². The summed E-state index contributed by atoms with van der Waals surface area (Å²) in [6.45, 7) is 8.65. The van der Waals surface area contributed by atoms with Crippen LogP contribution in [0.3, 0.4) is 0 Å². The van der Waals surface area contributed by atoms with Crippen molar-refractivity contribution in [2.24, 2.45) is 0 Å². The monoisotopic (exact) mass is 191 g/mol. The fourth-order valence-electron chi connectivity index (χ4n) is 1.34. The molecule has 0 aliphatic carbocycles. The lowest BCUT2D eigenvalue weighted by atomic mass is 10.2. The first-order valence-corrected chi connectivity index (χ1v) is 4.79. The molecule has 0 unspecified atom stereocenters. The van der Waals surface area contributed by atoms with Gasteiger partial charge in [-0.25, -0.2) is 0 Å². The zero-order valence-corrected chi connectivity index (χ0v) is 9.07. The topological polar surface area (TPSA) is 50.8 Å². The van der Waals surface area contributed by atoms with Crippen molar-refractivity contribution in [1.29, 1.82) is 10.8 Å². The highest BCUT2D eigenvalue weighted by Crippen LogP contribution is 2.13. The molecule has 0 spiro atoms. The van der Waals surface area contributed by atoms with E-state index < -0.39 is 0 Å². The Balaban J connectivity index is 0.000000791. The van der Waals surface area contributed by atoms with Gasteiger partial charge in [0.2, 0.25) is 0 Å². The highest BCUT2D eigenvalue weighted by atomic mass is 15.1. The third-order valence-corrected chi connectivity index (χ3v) is 2.16. The van der Waals surface area contributed by atoms with Crippen molar-refractivity contribution in [2.45, 2.75) is 20.8 Å². The molecule has 0 radical (unpaired) electrons. The van der Waals surface area contributed by atoms with E-state index in [0.717, 1.165) is 13.1 Å². The molecule has 0 atom stereocenters. The molecule has 0 saturated heterocycles. The zero-order chi connectivity index (χ0) is 11.0. The minimum absolute atomic E-state index is 1.08. The third-order valence-electron chi connectivity index (χ3n) is 2.16. The van der Waals surface area contributed by atoms with Crippen LogP contribution >= 0.6 is 0 Å². The van der Waals surface area contributed by atoms with Crippen molar-refractivity contribution < 1.29 is 0 Å². The maximum atomic E-state index is 6.00. The Morgan fingerprint density at radius 1 is 1.00 bits per heavy atom. The number of benzene rings is 1. The van der Waals surface area contributed by atoms with Crippen molar-refractivity contribution in [3.63, 3.8) is 0 Å². The summed E-state index contributed by atoms with van der Waals surface area (Å²) in [6.07, 6.45) is 0. The molecule has 0 aromatic heterocycles. The van der Waals surface area contributed by atoms with Crippen molar-refractivity contribution >= 4 is 5.69 Å². The summed E-state index contributed by atoms with van der Waals surface area (Å²) in [5.41, 5.74) is 2.65. The molecule has 1 aromatic carbocycles. The van der Waals surface area contributed by atoms with Crippen molar-refractivity contribution in [1.82, 2.24) is 0 Å². The highest BCUT2D eigenvalue weighted by molar-refractivity contribution is 5.47. The van der Waals surface area contributed by atoms with Gasteiger partial charge in [-0.3, -0.25) is 0 Å². The maximum absolute atomic E-state index is 6.00. The molecule has 0 aliphatic heterocycles. The van der Waals surface area contributed by atoms with Gasteiger partial charge in [0.25, 0.3) is 0 Å². The first-order valence-electron chi connectivity index (χ1n) is 4.79. The van der Waals surface area contributed by atoms with Crippen LogP contribution in [0.1, 0.15) is 19.4 Å². The van der Waals surface area contributed by atoms with E-state index in [2.05, 4.69) is 49.9 Å². The SMILES string of the molecule is CCN(CC)c1ccc(C)cc1.N#N. The van der Waals surface area contributed by atoms with Gasteiger partial charge in [0, 0.05) is 29.6 Å². The van der Waals surface area contributed by atoms with E-state index in [1.54, 1.807) is 0 Å². The number of nitrogens with zero attached hydrogens (tertiary/aromatic N) is 3. The second-order valence-electron chi connectivity index (χ2n) is 3.01. The van der Waals surface area contributed by atoms with E-state index >= 15 is 0 Å². The molecule has 76 valence electrons. The predicted molar refractivity (Wildman–Crippen MR) is 58.2 cm³/mol. The van der Waals surface area contributed by atoms with E-state index in [1.807, 2.05) is 0 Å². The van der Waals surface area contributed by atoms with Gasteiger partial charge in [0.1, 0.15) is 0 Å². The van der Waals surface area contributed by atoms with Crippen LogP contribution in [0.4, 0.5) is 5.69 Å². The van der Waals surface area contributed by atoms with Gasteiger partial charge in [0.15, 0.2) is 0 Å². The standard InChI is InChI=1S/C11H17N.N2/c1-4-12(5-2)11-8-6-10(3)7-9-11;1-2/h6-9H,4-5H2,1-3H3;. The molecule has 0 saturated carbocycles. The van der Waals surface area contributed by atoms with Gasteiger partial charge < -0.3 is 4.90 Å². The van der Waals surface area contributed by atoms with Crippen LogP contribution in [-0.4, -0.2) is 13.1 Å². The van der Waals surface area contributed by atoms with Crippen LogP contribution in [0.15, 0.2) is 24.3 Å². The molecular formula is C11H17N3. The van der Waals surface area contributed by atoms with Crippen LogP contribution in [0.2, 0.25) is 0 Å². The summed E-state index contributed by atoms with van der Waals surface area (Å²) in [7, 11) is 0. The number of anilines is 1. The average Bonchev–Trinajstić information content (AvgIpc) is 2.25. The fraction of sp³-hybridized carbons (Fsp3) is 0.455. The summed E-state index contributed by atoms with van der Waals surface area (Å²) < 4.78 is 0. The van der Waals surface area contributed by atoms with E-state index in [4.69, 9.17) is 10.8 Å². The molecule has 14 heavy (non-hydrogen) atoms. The summed E-state index contributed by atoms with van der Waals surface area (Å²) in [6, 6.07) is 8.69. The first kappa shape index (κ1) is 12.4. The van der Waals surface area contributed by atoms with Crippen LogP contribution in [0.5, 0.6) is 0 Å². The molecule has 1 aromatic rings. The molecule has 0 amide bonds. The Morgan fingerprint density at radius 2 is 1.43 bits per heavy atom. The molecule has 0 aliphatic rings. The summed E-state index contributed by atoms with van der Waals surface area (Å²) in [5.74, 6) is 0. The van der Waals surface area contributed by atoms with Crippen LogP contribution in [-0.2, 0) is 0 Å². The molecular weight excluding hydrogens is 174 g/mol. The maximum Gasteiger partial charge on any atom is 0.0366 e. The van der Waals surface area contributed by atoms with Crippen LogP contribution < -0.4 is 4.90 Å². The molecule has 0 bridgehead atoms. The van der Waals surface area contributed by atoms with E-state index in [1.165, 1.54) is 11.3 Å². The molecule has 0 N–H and O–H groups in total. The minimum atomic E-state index is 1.08. The zero-order valence-electron chi connectivity index (χ0n) is 9.07. The largest absolute Gasteiger partial charge is 0.372 e. The lowest BCUT2D eigenvalue weighted by Crippen LogP contribution is -2.21. The lowest BCUT2D eigenvalue weighted by Gasteiger charge is -2.20. The second-order valence-corrected chi connectivity index (χ2v) is 3.01. The van der Waals surface area contributed by atoms with Gasteiger partial charge in [-0.2, -0.15) is 0 Å². The first-order chi connectivity index (χ1) is 6.77. The minimum Gasteiger partial charge on any atom is -0.372 e. The molecule has 0 fully saturated rings. The Labute approximate surface area is 85.8 Å². The predicted octanol–water partition coefficient (Wildman–Crippen LogP) is 2.87. The Hall–Kier alpha value is -1.56. The average molecular weight is 191 g/mol. The Bertz CT molecular complexity index is 260. The van der Waals surface area contributed by atoms with Gasteiger partial charge >= 0.3 is 0 Å². The van der Waals surface area contributed by atoms with Crippen molar-refractivity contribution in [3.8, 4) is 0 Å². The quantitative estimate of drug-likeness (QED) is 0.690. The number of hydrogen-bond donors (Lipinski definition) is 0. The smallest absolute Gasteiger partial charge is 0.0366 e. The van der Waals surface area contributed by atoms with E-state index in [9.17, 15) is 0 Å². The van der Waals surface area contributed by atoms with E-state index in [-0.39, 0.29) is 0 Å². The van der Waals surface area contributed by atoms with Crippen molar-refractivity contribution in [2.75, 3.05) is 18.0 Å².